The lowest BCUT2D eigenvalue weighted by Crippen LogP contribution is -1.73. The van der Waals surface area contributed by atoms with Crippen LogP contribution in [0.5, 0.6) is 0 Å². The second kappa shape index (κ2) is 7.00. The minimum atomic E-state index is 1.36. The van der Waals surface area contributed by atoms with E-state index in [9.17, 15) is 0 Å². The standard InChI is InChI=1S/C8H18/c1-3-5-7-8-6-4-2/h3-8H2,1-2H3/i1+1. The molecule has 0 N–H and O–H groups in total. The molecule has 0 radical (unpaired) electrons. The molecule has 0 heteroatoms. The SMILES string of the molecule is CCCCCCC[13CH3]. The van der Waals surface area contributed by atoms with Crippen molar-refractivity contribution in [2.24, 2.45) is 0 Å². The van der Waals surface area contributed by atoms with Gasteiger partial charge in [0.25, 0.3) is 0 Å². The van der Waals surface area contributed by atoms with E-state index in [1.165, 1.54) is 38.5 Å². The second-order valence-electron chi connectivity index (χ2n) is 2.41. The molecular weight excluding hydrogens is 97.1 g/mol. The second-order valence-corrected chi connectivity index (χ2v) is 2.41. The smallest absolute Gasteiger partial charge is 0.0533 e. The molecule has 0 aromatic heterocycles. The maximum atomic E-state index is 2.26. The minimum absolute atomic E-state index is 1.36. The zero-order valence-electron chi connectivity index (χ0n) is 6.24. The summed E-state index contributed by atoms with van der Waals surface area (Å²) in [5.41, 5.74) is 0. The predicted octanol–water partition coefficient (Wildman–Crippen LogP) is 3.37. The molecule has 0 spiro atoms. The number of hydrogen-bond donors (Lipinski definition) is 0. The predicted molar refractivity (Wildman–Crippen MR) is 39.0 cm³/mol. The zero-order valence-corrected chi connectivity index (χ0v) is 6.24. The van der Waals surface area contributed by atoms with E-state index >= 15 is 0 Å². The van der Waals surface area contributed by atoms with Crippen molar-refractivity contribution in [2.45, 2.75) is 52.4 Å². The summed E-state index contributed by atoms with van der Waals surface area (Å²) < 4.78 is 0. The van der Waals surface area contributed by atoms with Crippen molar-refractivity contribution in [3.63, 3.8) is 0 Å². The van der Waals surface area contributed by atoms with Crippen molar-refractivity contribution >= 4 is 0 Å². The monoisotopic (exact) mass is 115 g/mol. The number of rotatable bonds is 5. The van der Waals surface area contributed by atoms with E-state index in [-0.39, 0.29) is 0 Å². The first-order valence-corrected chi connectivity index (χ1v) is 3.91. The van der Waals surface area contributed by atoms with Crippen LogP contribution in [0.2, 0.25) is 0 Å². The van der Waals surface area contributed by atoms with Crippen LogP contribution in [0.4, 0.5) is 0 Å². The number of unbranched alkanes of at least 4 members (excludes halogenated alkanes) is 5. The van der Waals surface area contributed by atoms with Crippen LogP contribution >= 0.6 is 0 Å². The van der Waals surface area contributed by atoms with E-state index in [1.807, 2.05) is 0 Å². The van der Waals surface area contributed by atoms with E-state index < -0.39 is 0 Å². The lowest BCUT2D eigenvalue weighted by atomic mass is 10.1. The molecule has 8 heavy (non-hydrogen) atoms. The van der Waals surface area contributed by atoms with Gasteiger partial charge in [0.15, 0.2) is 0 Å². The Balaban J connectivity index is 2.53. The Morgan fingerprint density at radius 2 is 1.00 bits per heavy atom. The van der Waals surface area contributed by atoms with Gasteiger partial charge in [0.2, 0.25) is 0 Å². The molecule has 50 valence electrons. The summed E-state index contributed by atoms with van der Waals surface area (Å²) >= 11 is 0. The Morgan fingerprint density at radius 3 is 1.25 bits per heavy atom. The average Bonchev–Trinajstić information content (AvgIpc) is 1.81. The average molecular weight is 115 g/mol. The molecule has 0 bridgehead atoms. The van der Waals surface area contributed by atoms with Gasteiger partial charge in [0, 0.05) is 0 Å². The van der Waals surface area contributed by atoms with Gasteiger partial charge >= 0.3 is 0 Å². The molecular formula is C8H18. The maximum Gasteiger partial charge on any atom is -0.0533 e. The normalized spacial score (nSPS) is 9.75. The van der Waals surface area contributed by atoms with Crippen LogP contribution in [-0.2, 0) is 0 Å². The van der Waals surface area contributed by atoms with Crippen LogP contribution in [0, 0.1) is 0 Å². The first-order valence-electron chi connectivity index (χ1n) is 3.91. The van der Waals surface area contributed by atoms with Crippen LogP contribution in [0.1, 0.15) is 52.4 Å². The van der Waals surface area contributed by atoms with Gasteiger partial charge in [0.1, 0.15) is 0 Å². The highest BCUT2D eigenvalue weighted by molar-refractivity contribution is 4.39. The van der Waals surface area contributed by atoms with Gasteiger partial charge in [-0.3, -0.25) is 0 Å². The van der Waals surface area contributed by atoms with Crippen molar-refractivity contribution < 1.29 is 0 Å². The molecule has 0 amide bonds. The molecule has 0 aromatic rings. The van der Waals surface area contributed by atoms with Crippen molar-refractivity contribution in [1.29, 1.82) is 0 Å². The highest BCUT2D eigenvalue weighted by Crippen LogP contribution is 2.03. The topological polar surface area (TPSA) is 0 Å². The van der Waals surface area contributed by atoms with Crippen LogP contribution in [0.3, 0.4) is 0 Å². The highest BCUT2D eigenvalue weighted by Gasteiger charge is 1.83. The quantitative estimate of drug-likeness (QED) is 0.380. The molecule has 0 saturated carbocycles. The summed E-state index contributed by atoms with van der Waals surface area (Å²) in [6.45, 7) is 4.51. The molecule has 0 aliphatic heterocycles. The Morgan fingerprint density at radius 1 is 0.625 bits per heavy atom. The summed E-state index contributed by atoms with van der Waals surface area (Å²) in [6, 6.07) is 0. The molecule has 0 rings (SSSR count). The van der Waals surface area contributed by atoms with Gasteiger partial charge < -0.3 is 0 Å². The first-order chi connectivity index (χ1) is 3.91. The van der Waals surface area contributed by atoms with Gasteiger partial charge in [-0.2, -0.15) is 0 Å². The van der Waals surface area contributed by atoms with Crippen molar-refractivity contribution in [1.82, 2.24) is 0 Å². The highest BCUT2D eigenvalue weighted by atomic mass is 14.0. The van der Waals surface area contributed by atoms with Gasteiger partial charge in [-0.15, -0.1) is 0 Å². The van der Waals surface area contributed by atoms with Crippen molar-refractivity contribution in [2.75, 3.05) is 0 Å². The van der Waals surface area contributed by atoms with Gasteiger partial charge in [-0.05, 0) is 0 Å². The fourth-order valence-corrected chi connectivity index (χ4v) is 0.854. The zero-order chi connectivity index (χ0) is 6.24. The molecule has 0 nitrogen and oxygen atoms in total. The van der Waals surface area contributed by atoms with Crippen molar-refractivity contribution in [3.05, 3.63) is 0 Å². The fraction of sp³-hybridized carbons (Fsp3) is 1.00. The van der Waals surface area contributed by atoms with Crippen LogP contribution in [0.25, 0.3) is 0 Å². The van der Waals surface area contributed by atoms with E-state index in [1.54, 1.807) is 0 Å². The Bertz CT molecular complexity index is 25.0. The minimum Gasteiger partial charge on any atom is -0.0654 e. The van der Waals surface area contributed by atoms with Crippen LogP contribution in [0.15, 0.2) is 0 Å². The van der Waals surface area contributed by atoms with Crippen LogP contribution < -0.4 is 0 Å². The first kappa shape index (κ1) is 8.00. The molecule has 0 aromatic carbocycles. The molecule has 0 aliphatic rings. The molecule has 0 unspecified atom stereocenters. The summed E-state index contributed by atoms with van der Waals surface area (Å²) in [6.07, 6.45) is 8.49. The van der Waals surface area contributed by atoms with Crippen LogP contribution in [-0.4, -0.2) is 0 Å². The molecule has 0 aliphatic carbocycles. The lowest BCUT2D eigenvalue weighted by molar-refractivity contribution is 0.624. The maximum absolute atomic E-state index is 2.26. The third-order valence-electron chi connectivity index (χ3n) is 1.46. The Kier molecular flexibility index (Phi) is 7.00. The van der Waals surface area contributed by atoms with E-state index in [4.69, 9.17) is 0 Å². The molecule has 0 heterocycles. The Labute approximate surface area is 53.3 Å². The summed E-state index contributed by atoms with van der Waals surface area (Å²) in [4.78, 5) is 0. The summed E-state index contributed by atoms with van der Waals surface area (Å²) in [5.74, 6) is 0. The third kappa shape index (κ3) is 6.00. The fourth-order valence-electron chi connectivity index (χ4n) is 0.854. The summed E-state index contributed by atoms with van der Waals surface area (Å²) in [7, 11) is 0. The molecule has 0 atom stereocenters. The van der Waals surface area contributed by atoms with E-state index in [0.29, 0.717) is 0 Å². The third-order valence-corrected chi connectivity index (χ3v) is 1.46. The van der Waals surface area contributed by atoms with Gasteiger partial charge in [0.05, 0.1) is 0 Å². The van der Waals surface area contributed by atoms with Crippen molar-refractivity contribution in [3.8, 4) is 0 Å². The lowest BCUT2D eigenvalue weighted by Gasteiger charge is -1.93. The van der Waals surface area contributed by atoms with Gasteiger partial charge in [-0.25, -0.2) is 0 Å². The van der Waals surface area contributed by atoms with E-state index in [0.717, 1.165) is 0 Å². The largest absolute Gasteiger partial charge is 0.0654 e. The Hall–Kier alpha value is 0. The van der Waals surface area contributed by atoms with Gasteiger partial charge in [-0.1, -0.05) is 52.4 Å². The molecule has 0 fully saturated rings. The molecule has 0 saturated heterocycles. The summed E-state index contributed by atoms with van der Waals surface area (Å²) in [5, 5.41) is 0. The number of hydrogen-bond acceptors (Lipinski definition) is 0. The van der Waals surface area contributed by atoms with E-state index in [2.05, 4.69) is 13.8 Å².